The van der Waals surface area contributed by atoms with Gasteiger partial charge in [-0.15, -0.1) is 0 Å². The van der Waals surface area contributed by atoms with E-state index in [9.17, 15) is 4.79 Å². The quantitative estimate of drug-likeness (QED) is 0.209. The van der Waals surface area contributed by atoms with Crippen LogP contribution >= 0.6 is 0 Å². The van der Waals surface area contributed by atoms with Crippen molar-refractivity contribution in [3.8, 4) is 39.8 Å². The summed E-state index contributed by atoms with van der Waals surface area (Å²) in [5.74, 6) is 1.06. The third-order valence-corrected chi connectivity index (χ3v) is 9.20. The van der Waals surface area contributed by atoms with Gasteiger partial charge in [-0.25, -0.2) is 9.97 Å². The van der Waals surface area contributed by atoms with E-state index in [0.29, 0.717) is 41.8 Å². The molecule has 0 spiro atoms. The van der Waals surface area contributed by atoms with Crippen LogP contribution in [-0.4, -0.2) is 60.6 Å². The predicted octanol–water partition coefficient (Wildman–Crippen LogP) is 7.06. The fourth-order valence-corrected chi connectivity index (χ4v) is 6.68. The monoisotopic (exact) mass is 609 g/mol. The van der Waals surface area contributed by atoms with Crippen molar-refractivity contribution in [2.75, 3.05) is 20.2 Å². The highest BCUT2D eigenvalue weighted by Gasteiger charge is 2.28. The molecule has 1 saturated carbocycles. The fourth-order valence-electron chi connectivity index (χ4n) is 6.68. The Labute approximate surface area is 267 Å². The lowest BCUT2D eigenvalue weighted by molar-refractivity contribution is 0.0768. The molecule has 2 fully saturated rings. The number of carbonyl (C=O) groups excluding carboxylic acids is 1. The smallest absolute Gasteiger partial charge is 0.254 e. The SMILES string of the molecule is COc1cc(C(=O)N2CCCC(=N)C2)cc2nc(-c3cc4ccc(-c5cccnc5-c5ccccc5)nc4n3CC3CC3)c(C)n12. The lowest BCUT2D eigenvalue weighted by Gasteiger charge is -2.27. The highest BCUT2D eigenvalue weighted by molar-refractivity contribution is 5.99. The maximum Gasteiger partial charge on any atom is 0.254 e. The van der Waals surface area contributed by atoms with Gasteiger partial charge in [-0.3, -0.25) is 14.2 Å². The van der Waals surface area contributed by atoms with Gasteiger partial charge in [0.05, 0.1) is 36.4 Å². The van der Waals surface area contributed by atoms with E-state index in [1.807, 2.05) is 47.9 Å². The largest absolute Gasteiger partial charge is 0.482 e. The number of imidazole rings is 1. The molecular weight excluding hydrogens is 574 g/mol. The summed E-state index contributed by atoms with van der Waals surface area (Å²) in [6.45, 7) is 3.93. The average molecular weight is 610 g/mol. The first-order valence-corrected chi connectivity index (χ1v) is 15.9. The maximum absolute atomic E-state index is 13.5. The molecule has 0 radical (unpaired) electrons. The number of hydrogen-bond acceptors (Lipinski definition) is 6. The van der Waals surface area contributed by atoms with Gasteiger partial charge in [0.25, 0.3) is 5.91 Å². The van der Waals surface area contributed by atoms with E-state index < -0.39 is 0 Å². The van der Waals surface area contributed by atoms with Crippen LogP contribution in [0.5, 0.6) is 5.88 Å². The second kappa shape index (κ2) is 11.2. The minimum Gasteiger partial charge on any atom is -0.482 e. The molecule has 1 aliphatic carbocycles. The van der Waals surface area contributed by atoms with Crippen molar-refractivity contribution in [1.29, 1.82) is 5.41 Å². The molecule has 1 aromatic carbocycles. The van der Waals surface area contributed by atoms with Crippen LogP contribution in [0.1, 0.15) is 41.7 Å². The summed E-state index contributed by atoms with van der Waals surface area (Å²) in [5.41, 5.74) is 9.30. The first kappa shape index (κ1) is 28.2. The molecule has 0 atom stereocenters. The maximum atomic E-state index is 13.5. The summed E-state index contributed by atoms with van der Waals surface area (Å²) < 4.78 is 10.1. The van der Waals surface area contributed by atoms with E-state index in [1.165, 1.54) is 12.8 Å². The van der Waals surface area contributed by atoms with Gasteiger partial charge in [-0.2, -0.15) is 0 Å². The number of hydrogen-bond donors (Lipinski definition) is 1. The standard InChI is InChI=1S/C37H35N7O2/c1-23-34(41-32-19-27(20-33(46-2)44(23)32)37(45)42-17-7-10-28(38)22-42)31-18-26-14-15-30(40-36(26)43(31)21-24-12-13-24)29-11-6-16-39-35(29)25-8-4-3-5-9-25/h3-6,8-9,11,14-16,18-20,24,38H,7,10,12-13,17,21-22H2,1-2H3. The molecule has 0 unspecified atom stereocenters. The number of likely N-dealkylation sites (tertiary alicyclic amines) is 1. The van der Waals surface area contributed by atoms with Crippen molar-refractivity contribution >= 4 is 28.3 Å². The van der Waals surface area contributed by atoms with Crippen LogP contribution < -0.4 is 4.74 Å². The Balaban J connectivity index is 1.25. The number of benzene rings is 1. The molecule has 230 valence electrons. The highest BCUT2D eigenvalue weighted by Crippen LogP contribution is 2.38. The van der Waals surface area contributed by atoms with E-state index in [1.54, 1.807) is 18.1 Å². The summed E-state index contributed by atoms with van der Waals surface area (Å²) in [4.78, 5) is 30.4. The topological polar surface area (TPSA) is 101 Å². The van der Waals surface area contributed by atoms with Gasteiger partial charge in [0, 0.05) is 53.1 Å². The van der Waals surface area contributed by atoms with E-state index in [-0.39, 0.29) is 5.91 Å². The summed E-state index contributed by atoms with van der Waals surface area (Å²) in [6, 6.07) is 24.3. The molecule has 6 heterocycles. The van der Waals surface area contributed by atoms with Crippen LogP contribution in [0.3, 0.4) is 0 Å². The number of rotatable bonds is 7. The van der Waals surface area contributed by atoms with Crippen molar-refractivity contribution in [3.63, 3.8) is 0 Å². The number of pyridine rings is 3. The molecule has 1 saturated heterocycles. The molecule has 1 amide bonds. The van der Waals surface area contributed by atoms with E-state index in [0.717, 1.165) is 70.0 Å². The Hall–Kier alpha value is -5.31. The van der Waals surface area contributed by atoms with Crippen molar-refractivity contribution < 1.29 is 9.53 Å². The molecule has 5 aromatic heterocycles. The van der Waals surface area contributed by atoms with Gasteiger partial charge in [-0.1, -0.05) is 30.3 Å². The molecule has 1 aliphatic heterocycles. The van der Waals surface area contributed by atoms with Gasteiger partial charge in [0.15, 0.2) is 5.88 Å². The Morgan fingerprint density at radius 3 is 2.63 bits per heavy atom. The molecule has 46 heavy (non-hydrogen) atoms. The molecule has 1 N–H and O–H groups in total. The fraction of sp³-hybridized carbons (Fsp3) is 0.270. The summed E-state index contributed by atoms with van der Waals surface area (Å²) in [7, 11) is 1.62. The van der Waals surface area contributed by atoms with Gasteiger partial charge in [-0.05, 0) is 74.9 Å². The number of fused-ring (bicyclic) bond motifs is 2. The zero-order valence-corrected chi connectivity index (χ0v) is 26.0. The number of amides is 1. The van der Waals surface area contributed by atoms with Crippen molar-refractivity contribution in [2.24, 2.45) is 5.92 Å². The number of aromatic nitrogens is 5. The van der Waals surface area contributed by atoms with Crippen LogP contribution in [0.25, 0.3) is 50.6 Å². The predicted molar refractivity (Wildman–Crippen MR) is 179 cm³/mol. The summed E-state index contributed by atoms with van der Waals surface area (Å²) >= 11 is 0. The van der Waals surface area contributed by atoms with Crippen LogP contribution in [-0.2, 0) is 6.54 Å². The minimum absolute atomic E-state index is 0.0997. The lowest BCUT2D eigenvalue weighted by atomic mass is 10.0. The second-order valence-electron chi connectivity index (χ2n) is 12.4. The molecule has 2 aliphatic rings. The first-order valence-electron chi connectivity index (χ1n) is 15.9. The van der Waals surface area contributed by atoms with Gasteiger partial charge in [0.2, 0.25) is 0 Å². The number of aryl methyl sites for hydroxylation is 1. The zero-order valence-electron chi connectivity index (χ0n) is 26.0. The second-order valence-corrected chi connectivity index (χ2v) is 12.4. The molecule has 0 bridgehead atoms. The normalized spacial score (nSPS) is 15.2. The number of carbonyl (C=O) groups is 1. The third kappa shape index (κ3) is 4.92. The molecule has 6 aromatic rings. The number of nitrogens with zero attached hydrogens (tertiary/aromatic N) is 6. The molecular formula is C37H35N7O2. The van der Waals surface area contributed by atoms with E-state index in [2.05, 4.69) is 41.0 Å². The third-order valence-electron chi connectivity index (χ3n) is 9.20. The minimum atomic E-state index is -0.0997. The summed E-state index contributed by atoms with van der Waals surface area (Å²) in [5, 5.41) is 9.15. The van der Waals surface area contributed by atoms with Crippen LogP contribution in [0.4, 0.5) is 0 Å². The van der Waals surface area contributed by atoms with E-state index in [4.69, 9.17) is 25.1 Å². The van der Waals surface area contributed by atoms with Crippen molar-refractivity contribution in [1.82, 2.24) is 28.8 Å². The zero-order chi connectivity index (χ0) is 31.4. The number of piperidine rings is 1. The Bertz CT molecular complexity index is 2140. The Morgan fingerprint density at radius 2 is 1.85 bits per heavy atom. The summed E-state index contributed by atoms with van der Waals surface area (Å²) in [6.07, 6.45) is 5.80. The lowest BCUT2D eigenvalue weighted by Crippen LogP contribution is -2.39. The molecule has 9 heteroatoms. The van der Waals surface area contributed by atoms with Crippen LogP contribution in [0, 0.1) is 18.3 Å². The molecule has 9 nitrogen and oxygen atoms in total. The number of nitrogens with one attached hydrogen (secondary N) is 1. The highest BCUT2D eigenvalue weighted by atomic mass is 16.5. The van der Waals surface area contributed by atoms with Crippen LogP contribution in [0.2, 0.25) is 0 Å². The number of methoxy groups -OCH3 is 1. The average Bonchev–Trinajstić information content (AvgIpc) is 3.77. The van der Waals surface area contributed by atoms with E-state index >= 15 is 0 Å². The molecule has 8 rings (SSSR count). The Kier molecular flexibility index (Phi) is 6.89. The van der Waals surface area contributed by atoms with Gasteiger partial charge in [0.1, 0.15) is 17.0 Å². The van der Waals surface area contributed by atoms with Crippen molar-refractivity contribution in [2.45, 2.75) is 39.2 Å². The first-order chi connectivity index (χ1) is 22.5. The van der Waals surface area contributed by atoms with Gasteiger partial charge < -0.3 is 19.6 Å². The number of ether oxygens (including phenoxy) is 1. The Morgan fingerprint density at radius 1 is 1.00 bits per heavy atom. The van der Waals surface area contributed by atoms with Crippen molar-refractivity contribution in [3.05, 3.63) is 90.3 Å². The van der Waals surface area contributed by atoms with Crippen LogP contribution in [0.15, 0.2) is 79.0 Å². The van der Waals surface area contributed by atoms with Gasteiger partial charge >= 0.3 is 0 Å².